The van der Waals surface area contributed by atoms with Crippen molar-refractivity contribution in [3.63, 3.8) is 0 Å². The summed E-state index contributed by atoms with van der Waals surface area (Å²) in [4.78, 5) is 8.89. The van der Waals surface area contributed by atoms with Gasteiger partial charge in [0.25, 0.3) is 0 Å². The van der Waals surface area contributed by atoms with Crippen LogP contribution in [-0.2, 0) is 15.9 Å². The predicted molar refractivity (Wildman–Crippen MR) is 109 cm³/mol. The summed E-state index contributed by atoms with van der Waals surface area (Å²) in [5, 5.41) is 6.60. The van der Waals surface area contributed by atoms with Crippen molar-refractivity contribution in [3.8, 4) is 0 Å². The van der Waals surface area contributed by atoms with Gasteiger partial charge < -0.3 is 20.1 Å². The molecule has 0 unspecified atom stereocenters. The van der Waals surface area contributed by atoms with Gasteiger partial charge in [0, 0.05) is 51.7 Å². The van der Waals surface area contributed by atoms with Crippen LogP contribution in [0.5, 0.6) is 0 Å². The lowest BCUT2D eigenvalue weighted by molar-refractivity contribution is 0.0690. The van der Waals surface area contributed by atoms with E-state index in [-0.39, 0.29) is 24.0 Å². The molecule has 0 bridgehead atoms. The molecular formula is C17H31IN4O2. The molecule has 0 saturated heterocycles. The summed E-state index contributed by atoms with van der Waals surface area (Å²) in [6.07, 6.45) is 4.74. The average Bonchev–Trinajstić information content (AvgIpc) is 2.58. The number of rotatable bonds is 12. The van der Waals surface area contributed by atoms with Gasteiger partial charge in [-0.3, -0.25) is 9.98 Å². The number of unbranched alkanes of at least 4 members (excludes halogenated alkanes) is 1. The Morgan fingerprint density at radius 2 is 2.04 bits per heavy atom. The van der Waals surface area contributed by atoms with Gasteiger partial charge in [0.15, 0.2) is 5.96 Å². The maximum Gasteiger partial charge on any atom is 0.191 e. The van der Waals surface area contributed by atoms with Crippen molar-refractivity contribution in [3.05, 3.63) is 30.1 Å². The van der Waals surface area contributed by atoms with E-state index < -0.39 is 0 Å². The zero-order chi connectivity index (χ0) is 16.6. The van der Waals surface area contributed by atoms with E-state index >= 15 is 0 Å². The summed E-state index contributed by atoms with van der Waals surface area (Å²) in [6.45, 7) is 6.63. The van der Waals surface area contributed by atoms with Gasteiger partial charge in [0.05, 0.1) is 13.2 Å². The maximum absolute atomic E-state index is 5.43. The van der Waals surface area contributed by atoms with Crippen molar-refractivity contribution >= 4 is 29.9 Å². The first-order valence-electron chi connectivity index (χ1n) is 8.35. The molecule has 7 heteroatoms. The number of pyridine rings is 1. The molecule has 1 aromatic heterocycles. The molecule has 0 radical (unpaired) electrons. The van der Waals surface area contributed by atoms with E-state index in [0.29, 0.717) is 13.2 Å². The van der Waals surface area contributed by atoms with Gasteiger partial charge in [-0.15, -0.1) is 24.0 Å². The number of hydrogen-bond acceptors (Lipinski definition) is 4. The monoisotopic (exact) mass is 450 g/mol. The van der Waals surface area contributed by atoms with Gasteiger partial charge in [0.1, 0.15) is 0 Å². The highest BCUT2D eigenvalue weighted by atomic mass is 127. The molecule has 2 N–H and O–H groups in total. The van der Waals surface area contributed by atoms with E-state index in [0.717, 1.165) is 57.2 Å². The van der Waals surface area contributed by atoms with E-state index in [9.17, 15) is 0 Å². The highest BCUT2D eigenvalue weighted by molar-refractivity contribution is 14.0. The molecule has 6 nitrogen and oxygen atoms in total. The number of methoxy groups -OCH3 is 1. The Labute approximate surface area is 162 Å². The van der Waals surface area contributed by atoms with Crippen molar-refractivity contribution < 1.29 is 9.47 Å². The lowest BCUT2D eigenvalue weighted by atomic mass is 10.3. The van der Waals surface area contributed by atoms with Gasteiger partial charge in [-0.05, 0) is 31.9 Å². The molecule has 0 saturated carbocycles. The van der Waals surface area contributed by atoms with Crippen LogP contribution >= 0.6 is 24.0 Å². The molecule has 1 rings (SSSR count). The van der Waals surface area contributed by atoms with E-state index in [1.54, 1.807) is 7.11 Å². The van der Waals surface area contributed by atoms with Crippen molar-refractivity contribution in [1.82, 2.24) is 15.6 Å². The number of hydrogen-bond donors (Lipinski definition) is 2. The Morgan fingerprint density at radius 3 is 2.75 bits per heavy atom. The van der Waals surface area contributed by atoms with Gasteiger partial charge >= 0.3 is 0 Å². The summed E-state index contributed by atoms with van der Waals surface area (Å²) >= 11 is 0. The van der Waals surface area contributed by atoms with Crippen molar-refractivity contribution in [1.29, 1.82) is 0 Å². The smallest absolute Gasteiger partial charge is 0.191 e. The van der Waals surface area contributed by atoms with Crippen LogP contribution in [0.25, 0.3) is 0 Å². The maximum atomic E-state index is 5.43. The van der Waals surface area contributed by atoms with E-state index in [1.807, 2.05) is 24.4 Å². The number of halogens is 1. The number of guanidine groups is 1. The predicted octanol–water partition coefficient (Wildman–Crippen LogP) is 2.24. The highest BCUT2D eigenvalue weighted by Gasteiger charge is 1.98. The zero-order valence-corrected chi connectivity index (χ0v) is 17.1. The fourth-order valence-electron chi connectivity index (χ4n) is 1.95. The first kappa shape index (κ1) is 23.1. The molecule has 0 fully saturated rings. The minimum atomic E-state index is 0. The van der Waals surface area contributed by atoms with Crippen LogP contribution in [0.4, 0.5) is 0 Å². The highest BCUT2D eigenvalue weighted by Crippen LogP contribution is 1.94. The van der Waals surface area contributed by atoms with Crippen LogP contribution < -0.4 is 10.6 Å². The Hall–Kier alpha value is -0.930. The minimum absolute atomic E-state index is 0. The Morgan fingerprint density at radius 1 is 1.17 bits per heavy atom. The molecule has 0 aliphatic carbocycles. The van der Waals surface area contributed by atoms with Crippen LogP contribution in [0.15, 0.2) is 29.4 Å². The second-order valence-corrected chi connectivity index (χ2v) is 5.07. The third-order valence-corrected chi connectivity index (χ3v) is 3.14. The van der Waals surface area contributed by atoms with E-state index in [1.165, 1.54) is 0 Å². The SMILES string of the molecule is CCNC(=NCCCCOCCOC)NCCc1ccccn1.I. The Bertz CT molecular complexity index is 418. The lowest BCUT2D eigenvalue weighted by Gasteiger charge is -2.11. The van der Waals surface area contributed by atoms with E-state index in [4.69, 9.17) is 9.47 Å². The standard InChI is InChI=1S/C17H30N4O2.HI/c1-3-18-17(20-11-6-7-13-23-15-14-22-2)21-12-9-16-8-4-5-10-19-16;/h4-5,8,10H,3,6-7,9,11-15H2,1-2H3,(H2,18,20,21);1H. The van der Waals surface area contributed by atoms with Crippen LogP contribution in [0.3, 0.4) is 0 Å². The summed E-state index contributed by atoms with van der Waals surface area (Å²) in [5.74, 6) is 0.865. The van der Waals surface area contributed by atoms with Crippen LogP contribution in [0, 0.1) is 0 Å². The van der Waals surface area contributed by atoms with Crippen molar-refractivity contribution in [2.75, 3.05) is 46.6 Å². The zero-order valence-electron chi connectivity index (χ0n) is 14.8. The average molecular weight is 450 g/mol. The summed E-state index contributed by atoms with van der Waals surface area (Å²) in [5.41, 5.74) is 1.09. The molecule has 0 aliphatic heterocycles. The number of ether oxygens (including phenoxy) is 2. The van der Waals surface area contributed by atoms with Crippen molar-refractivity contribution in [2.24, 2.45) is 4.99 Å². The molecule has 0 amide bonds. The fraction of sp³-hybridized carbons (Fsp3) is 0.647. The van der Waals surface area contributed by atoms with Gasteiger partial charge in [-0.1, -0.05) is 6.07 Å². The Kier molecular flexibility index (Phi) is 16.3. The molecule has 1 aromatic rings. The third kappa shape index (κ3) is 12.5. The minimum Gasteiger partial charge on any atom is -0.382 e. The Balaban J connectivity index is 0.00000529. The van der Waals surface area contributed by atoms with E-state index in [2.05, 4.69) is 27.5 Å². The summed E-state index contributed by atoms with van der Waals surface area (Å²) in [6, 6.07) is 5.98. The van der Waals surface area contributed by atoms with Gasteiger partial charge in [-0.2, -0.15) is 0 Å². The second-order valence-electron chi connectivity index (χ2n) is 5.07. The molecule has 0 spiro atoms. The van der Waals surface area contributed by atoms with Crippen LogP contribution in [0.1, 0.15) is 25.5 Å². The quantitative estimate of drug-likeness (QED) is 0.221. The first-order valence-corrected chi connectivity index (χ1v) is 8.35. The number of nitrogens with zero attached hydrogens (tertiary/aromatic N) is 2. The summed E-state index contributed by atoms with van der Waals surface area (Å²) in [7, 11) is 1.68. The second kappa shape index (κ2) is 16.9. The van der Waals surface area contributed by atoms with Crippen molar-refractivity contribution in [2.45, 2.75) is 26.2 Å². The van der Waals surface area contributed by atoms with Gasteiger partial charge in [0.2, 0.25) is 0 Å². The molecule has 0 aromatic carbocycles. The van der Waals surface area contributed by atoms with Crippen LogP contribution in [-0.4, -0.2) is 57.5 Å². The normalized spacial score (nSPS) is 11.0. The third-order valence-electron chi connectivity index (χ3n) is 3.14. The molecule has 24 heavy (non-hydrogen) atoms. The molecule has 0 atom stereocenters. The fourth-order valence-corrected chi connectivity index (χ4v) is 1.95. The first-order chi connectivity index (χ1) is 11.4. The topological polar surface area (TPSA) is 67.8 Å². The molecular weight excluding hydrogens is 419 g/mol. The number of nitrogens with one attached hydrogen (secondary N) is 2. The van der Waals surface area contributed by atoms with Gasteiger partial charge in [-0.25, -0.2) is 0 Å². The number of aromatic nitrogens is 1. The number of aliphatic imine (C=N–C) groups is 1. The molecule has 1 heterocycles. The molecule has 138 valence electrons. The molecule has 0 aliphatic rings. The summed E-state index contributed by atoms with van der Waals surface area (Å²) < 4.78 is 10.4. The lowest BCUT2D eigenvalue weighted by Crippen LogP contribution is -2.38. The largest absolute Gasteiger partial charge is 0.382 e. The van der Waals surface area contributed by atoms with Crippen LogP contribution in [0.2, 0.25) is 0 Å².